The highest BCUT2D eigenvalue weighted by molar-refractivity contribution is 5.95. The molecule has 2 rings (SSSR count). The Labute approximate surface area is 121 Å². The minimum atomic E-state index is -0.777. The number of carbonyl (C=O) groups is 1. The predicted molar refractivity (Wildman–Crippen MR) is 76.9 cm³/mol. The van der Waals surface area contributed by atoms with Crippen LogP contribution in [0.1, 0.15) is 24.3 Å². The lowest BCUT2D eigenvalue weighted by Gasteiger charge is -2.09. The Morgan fingerprint density at radius 1 is 1.43 bits per heavy atom. The quantitative estimate of drug-likeness (QED) is 0.775. The largest absolute Gasteiger partial charge is 0.501 e. The van der Waals surface area contributed by atoms with E-state index >= 15 is 0 Å². The zero-order chi connectivity index (χ0) is 15.4. The van der Waals surface area contributed by atoms with Crippen LogP contribution in [0.2, 0.25) is 0 Å². The van der Waals surface area contributed by atoms with Gasteiger partial charge in [0.15, 0.2) is 11.5 Å². The maximum absolute atomic E-state index is 12.0. The number of nitrogens with zero attached hydrogens (tertiary/aromatic N) is 2. The van der Waals surface area contributed by atoms with E-state index in [0.717, 1.165) is 0 Å². The van der Waals surface area contributed by atoms with Gasteiger partial charge < -0.3 is 15.4 Å². The highest BCUT2D eigenvalue weighted by Crippen LogP contribution is 2.14. The van der Waals surface area contributed by atoms with Crippen molar-refractivity contribution in [3.8, 4) is 17.3 Å². The second-order valence-electron chi connectivity index (χ2n) is 4.93. The summed E-state index contributed by atoms with van der Waals surface area (Å²) < 4.78 is 0. The first-order valence-corrected chi connectivity index (χ1v) is 6.52. The van der Waals surface area contributed by atoms with E-state index in [1.54, 1.807) is 24.4 Å². The van der Waals surface area contributed by atoms with E-state index in [4.69, 9.17) is 0 Å². The molecule has 0 aliphatic carbocycles. The molecule has 0 aromatic carbocycles. The Morgan fingerprint density at radius 2 is 2.19 bits per heavy atom. The van der Waals surface area contributed by atoms with Gasteiger partial charge in [-0.05, 0) is 18.1 Å². The monoisotopic (exact) mass is 288 g/mol. The number of pyridine rings is 1. The molecule has 0 radical (unpaired) electrons. The van der Waals surface area contributed by atoms with E-state index in [1.165, 1.54) is 0 Å². The number of rotatable bonds is 4. The molecule has 2 heterocycles. The van der Waals surface area contributed by atoms with Gasteiger partial charge in [0.1, 0.15) is 5.69 Å². The van der Waals surface area contributed by atoms with Gasteiger partial charge in [0.25, 0.3) is 11.5 Å². The number of aromatic amines is 1. The topological polar surface area (TPSA) is 108 Å². The van der Waals surface area contributed by atoms with Crippen LogP contribution in [0.25, 0.3) is 11.5 Å². The summed E-state index contributed by atoms with van der Waals surface area (Å²) in [6.07, 6.45) is 1.54. The fourth-order valence-electron chi connectivity index (χ4n) is 1.63. The third-order valence-corrected chi connectivity index (χ3v) is 2.69. The standard InChI is InChI=1S/C14H16N4O3/c1-8(2)7-16-13(20)10-11(19)14(21)18-12(17-10)9-5-3-4-6-15-9/h3-6,8,19H,7H2,1-2H3,(H,16,20)(H,17,18,21). The molecular formula is C14H16N4O3. The number of hydrogen-bond donors (Lipinski definition) is 3. The summed E-state index contributed by atoms with van der Waals surface area (Å²) in [6, 6.07) is 5.09. The summed E-state index contributed by atoms with van der Waals surface area (Å²) in [4.78, 5) is 34.2. The molecule has 7 heteroatoms. The molecule has 0 atom stereocenters. The molecule has 0 aliphatic heterocycles. The van der Waals surface area contributed by atoms with Crippen molar-refractivity contribution in [1.29, 1.82) is 0 Å². The molecule has 0 saturated carbocycles. The van der Waals surface area contributed by atoms with Crippen LogP contribution in [0, 0.1) is 5.92 Å². The molecule has 21 heavy (non-hydrogen) atoms. The number of hydrogen-bond acceptors (Lipinski definition) is 5. The Hall–Kier alpha value is -2.70. The maximum Gasteiger partial charge on any atom is 0.294 e. The van der Waals surface area contributed by atoms with Gasteiger partial charge in [-0.2, -0.15) is 0 Å². The van der Waals surface area contributed by atoms with E-state index in [1.807, 2.05) is 13.8 Å². The SMILES string of the molecule is CC(C)CNC(=O)c1nc(-c2ccccn2)[nH]c(=O)c1O. The first-order chi connectivity index (χ1) is 9.99. The Bertz CT molecular complexity index is 695. The van der Waals surface area contributed by atoms with Gasteiger partial charge >= 0.3 is 0 Å². The summed E-state index contributed by atoms with van der Waals surface area (Å²) in [5, 5.41) is 12.3. The molecule has 0 fully saturated rings. The smallest absolute Gasteiger partial charge is 0.294 e. The second kappa shape index (κ2) is 6.17. The summed E-state index contributed by atoms with van der Waals surface area (Å²) in [7, 11) is 0. The van der Waals surface area contributed by atoms with E-state index < -0.39 is 17.2 Å². The van der Waals surface area contributed by atoms with Crippen LogP contribution in [0.4, 0.5) is 0 Å². The zero-order valence-electron chi connectivity index (χ0n) is 11.8. The minimum Gasteiger partial charge on any atom is -0.501 e. The summed E-state index contributed by atoms with van der Waals surface area (Å²) >= 11 is 0. The molecule has 2 aromatic heterocycles. The Balaban J connectivity index is 2.40. The van der Waals surface area contributed by atoms with Gasteiger partial charge in [0, 0.05) is 12.7 Å². The van der Waals surface area contributed by atoms with Crippen LogP contribution in [-0.2, 0) is 0 Å². The van der Waals surface area contributed by atoms with Crippen molar-refractivity contribution in [2.75, 3.05) is 6.54 Å². The number of aromatic hydroxyl groups is 1. The number of nitrogens with one attached hydrogen (secondary N) is 2. The highest BCUT2D eigenvalue weighted by Gasteiger charge is 2.18. The molecule has 1 amide bonds. The van der Waals surface area contributed by atoms with Crippen LogP contribution in [0.3, 0.4) is 0 Å². The second-order valence-corrected chi connectivity index (χ2v) is 4.93. The minimum absolute atomic E-state index is 0.132. The number of aromatic nitrogens is 3. The van der Waals surface area contributed by atoms with Crippen LogP contribution >= 0.6 is 0 Å². The van der Waals surface area contributed by atoms with E-state index in [2.05, 4.69) is 20.3 Å². The molecule has 0 bridgehead atoms. The van der Waals surface area contributed by atoms with Gasteiger partial charge in [0.05, 0.1) is 0 Å². The van der Waals surface area contributed by atoms with Gasteiger partial charge in [-0.1, -0.05) is 19.9 Å². The van der Waals surface area contributed by atoms with E-state index in [9.17, 15) is 14.7 Å². The molecule has 7 nitrogen and oxygen atoms in total. The number of carbonyl (C=O) groups excluding carboxylic acids is 1. The average Bonchev–Trinajstić information content (AvgIpc) is 2.48. The summed E-state index contributed by atoms with van der Waals surface area (Å²) in [5.41, 5.74) is -0.673. The average molecular weight is 288 g/mol. The predicted octanol–water partition coefficient (Wildman–Crippen LogP) is 0.923. The molecule has 0 unspecified atom stereocenters. The molecule has 0 spiro atoms. The number of H-pyrrole nitrogens is 1. The fraction of sp³-hybridized carbons (Fsp3) is 0.286. The molecule has 0 saturated heterocycles. The van der Waals surface area contributed by atoms with Crippen molar-refractivity contribution < 1.29 is 9.90 Å². The van der Waals surface area contributed by atoms with Crippen molar-refractivity contribution in [1.82, 2.24) is 20.3 Å². The zero-order valence-corrected chi connectivity index (χ0v) is 11.8. The molecular weight excluding hydrogens is 272 g/mol. The number of amides is 1. The first kappa shape index (κ1) is 14.7. The lowest BCUT2D eigenvalue weighted by atomic mass is 10.2. The summed E-state index contributed by atoms with van der Waals surface area (Å²) in [6.45, 7) is 4.29. The third-order valence-electron chi connectivity index (χ3n) is 2.69. The third kappa shape index (κ3) is 3.44. The van der Waals surface area contributed by atoms with Crippen molar-refractivity contribution >= 4 is 5.91 Å². The Kier molecular flexibility index (Phi) is 4.32. The van der Waals surface area contributed by atoms with Crippen LogP contribution in [0.15, 0.2) is 29.2 Å². The van der Waals surface area contributed by atoms with Crippen molar-refractivity contribution in [2.45, 2.75) is 13.8 Å². The highest BCUT2D eigenvalue weighted by atomic mass is 16.3. The van der Waals surface area contributed by atoms with Crippen LogP contribution in [0.5, 0.6) is 5.75 Å². The van der Waals surface area contributed by atoms with Crippen molar-refractivity contribution in [3.05, 3.63) is 40.4 Å². The normalized spacial score (nSPS) is 10.6. The maximum atomic E-state index is 12.0. The molecule has 110 valence electrons. The first-order valence-electron chi connectivity index (χ1n) is 6.52. The molecule has 2 aromatic rings. The van der Waals surface area contributed by atoms with Gasteiger partial charge in [-0.25, -0.2) is 4.98 Å². The van der Waals surface area contributed by atoms with Gasteiger partial charge in [0.2, 0.25) is 5.75 Å². The lowest BCUT2D eigenvalue weighted by Crippen LogP contribution is -2.29. The Morgan fingerprint density at radius 3 is 2.81 bits per heavy atom. The van der Waals surface area contributed by atoms with E-state index in [0.29, 0.717) is 12.2 Å². The lowest BCUT2D eigenvalue weighted by molar-refractivity contribution is 0.0940. The van der Waals surface area contributed by atoms with Gasteiger partial charge in [-0.3, -0.25) is 14.6 Å². The van der Waals surface area contributed by atoms with Crippen molar-refractivity contribution in [3.63, 3.8) is 0 Å². The molecule has 0 aliphatic rings. The van der Waals surface area contributed by atoms with Crippen molar-refractivity contribution in [2.24, 2.45) is 5.92 Å². The van der Waals surface area contributed by atoms with E-state index in [-0.39, 0.29) is 17.4 Å². The van der Waals surface area contributed by atoms with Gasteiger partial charge in [-0.15, -0.1) is 0 Å². The molecule has 3 N–H and O–H groups in total. The van der Waals surface area contributed by atoms with Crippen LogP contribution in [-0.4, -0.2) is 32.5 Å². The fourth-order valence-corrected chi connectivity index (χ4v) is 1.63. The van der Waals surface area contributed by atoms with Crippen LogP contribution < -0.4 is 10.9 Å². The summed E-state index contributed by atoms with van der Waals surface area (Å²) in [5.74, 6) is -0.915.